The van der Waals surface area contributed by atoms with Crippen molar-refractivity contribution >= 4 is 5.97 Å². The molecule has 1 saturated carbocycles. The first-order valence-corrected chi connectivity index (χ1v) is 6.45. The topological polar surface area (TPSA) is 75.8 Å². The van der Waals surface area contributed by atoms with Crippen LogP contribution in [0.1, 0.15) is 25.7 Å². The SMILES string of the molecule is NC1(C(=O)O)CCCC1CCN1CCOCC1. The standard InChI is InChI=1S/C12H22N2O3/c13-12(11(15)16)4-1-2-10(12)3-5-14-6-8-17-9-7-14/h10H,1-9,13H2,(H,15,16). The molecule has 2 rings (SSSR count). The van der Waals surface area contributed by atoms with Crippen LogP contribution in [0.5, 0.6) is 0 Å². The maximum Gasteiger partial charge on any atom is 0.323 e. The maximum atomic E-state index is 11.2. The number of carboxylic acid groups (broad SMARTS) is 1. The van der Waals surface area contributed by atoms with Crippen LogP contribution in [-0.2, 0) is 9.53 Å². The molecule has 17 heavy (non-hydrogen) atoms. The summed E-state index contributed by atoms with van der Waals surface area (Å²) in [5.41, 5.74) is 5.04. The second kappa shape index (κ2) is 5.33. The normalized spacial score (nSPS) is 35.0. The van der Waals surface area contributed by atoms with Gasteiger partial charge in [-0.1, -0.05) is 6.42 Å². The molecular formula is C12H22N2O3. The van der Waals surface area contributed by atoms with Crippen LogP contribution < -0.4 is 5.73 Å². The Morgan fingerprint density at radius 2 is 2.18 bits per heavy atom. The summed E-state index contributed by atoms with van der Waals surface area (Å²) in [6, 6.07) is 0. The fraction of sp³-hybridized carbons (Fsp3) is 0.917. The Bertz CT molecular complexity index is 279. The quantitative estimate of drug-likeness (QED) is 0.741. The van der Waals surface area contributed by atoms with Crippen molar-refractivity contribution in [3.63, 3.8) is 0 Å². The van der Waals surface area contributed by atoms with Crippen molar-refractivity contribution in [2.45, 2.75) is 31.2 Å². The summed E-state index contributed by atoms with van der Waals surface area (Å²) in [4.78, 5) is 13.6. The van der Waals surface area contributed by atoms with E-state index in [4.69, 9.17) is 10.5 Å². The number of carbonyl (C=O) groups is 1. The number of ether oxygens (including phenoxy) is 1. The molecule has 5 nitrogen and oxygen atoms in total. The van der Waals surface area contributed by atoms with Gasteiger partial charge in [-0.2, -0.15) is 0 Å². The average molecular weight is 242 g/mol. The molecule has 0 aromatic carbocycles. The van der Waals surface area contributed by atoms with Crippen LogP contribution in [-0.4, -0.2) is 54.4 Å². The van der Waals surface area contributed by atoms with Gasteiger partial charge < -0.3 is 15.6 Å². The minimum atomic E-state index is -0.980. The second-order valence-corrected chi connectivity index (χ2v) is 5.18. The molecule has 2 aliphatic rings. The van der Waals surface area contributed by atoms with Crippen LogP contribution in [0.4, 0.5) is 0 Å². The van der Waals surface area contributed by atoms with Gasteiger partial charge in [0.2, 0.25) is 0 Å². The number of rotatable bonds is 4. The van der Waals surface area contributed by atoms with Gasteiger partial charge in [-0.15, -0.1) is 0 Å². The summed E-state index contributed by atoms with van der Waals surface area (Å²) in [6.45, 7) is 4.43. The molecule has 2 fully saturated rings. The van der Waals surface area contributed by atoms with Crippen molar-refractivity contribution in [2.24, 2.45) is 11.7 Å². The third-order valence-corrected chi connectivity index (χ3v) is 4.17. The van der Waals surface area contributed by atoms with Gasteiger partial charge in [0.15, 0.2) is 0 Å². The van der Waals surface area contributed by atoms with Crippen LogP contribution >= 0.6 is 0 Å². The highest BCUT2D eigenvalue weighted by Gasteiger charge is 2.45. The third-order valence-electron chi connectivity index (χ3n) is 4.17. The lowest BCUT2D eigenvalue weighted by molar-refractivity contribution is -0.145. The van der Waals surface area contributed by atoms with Crippen molar-refractivity contribution in [1.82, 2.24) is 4.90 Å². The van der Waals surface area contributed by atoms with E-state index >= 15 is 0 Å². The molecule has 3 N–H and O–H groups in total. The van der Waals surface area contributed by atoms with Crippen molar-refractivity contribution in [1.29, 1.82) is 0 Å². The summed E-state index contributed by atoms with van der Waals surface area (Å²) in [7, 11) is 0. The lowest BCUT2D eigenvalue weighted by Crippen LogP contribution is -2.51. The Balaban J connectivity index is 1.83. The van der Waals surface area contributed by atoms with Crippen LogP contribution in [0.15, 0.2) is 0 Å². The van der Waals surface area contributed by atoms with E-state index in [1.165, 1.54) is 0 Å². The van der Waals surface area contributed by atoms with Crippen LogP contribution in [0.3, 0.4) is 0 Å². The number of nitrogens with two attached hydrogens (primary N) is 1. The van der Waals surface area contributed by atoms with Gasteiger partial charge in [0.25, 0.3) is 0 Å². The average Bonchev–Trinajstić information content (AvgIpc) is 2.71. The Kier molecular flexibility index (Phi) is 4.01. The zero-order chi connectivity index (χ0) is 12.3. The molecule has 0 radical (unpaired) electrons. The molecular weight excluding hydrogens is 220 g/mol. The summed E-state index contributed by atoms with van der Waals surface area (Å²) < 4.78 is 5.29. The van der Waals surface area contributed by atoms with E-state index in [0.717, 1.165) is 52.1 Å². The van der Waals surface area contributed by atoms with Crippen molar-refractivity contribution in [3.05, 3.63) is 0 Å². The highest BCUT2D eigenvalue weighted by Crippen LogP contribution is 2.36. The minimum Gasteiger partial charge on any atom is -0.480 e. The zero-order valence-corrected chi connectivity index (χ0v) is 10.2. The molecule has 0 bridgehead atoms. The fourth-order valence-corrected chi connectivity index (χ4v) is 2.95. The first kappa shape index (κ1) is 12.8. The summed E-state index contributed by atoms with van der Waals surface area (Å²) in [5, 5.41) is 9.22. The van der Waals surface area contributed by atoms with E-state index in [1.54, 1.807) is 0 Å². The fourth-order valence-electron chi connectivity index (χ4n) is 2.95. The minimum absolute atomic E-state index is 0.128. The molecule has 2 atom stereocenters. The number of nitrogens with zero attached hydrogens (tertiary/aromatic N) is 1. The Morgan fingerprint density at radius 3 is 2.82 bits per heavy atom. The lowest BCUT2D eigenvalue weighted by atomic mass is 9.85. The highest BCUT2D eigenvalue weighted by molar-refractivity contribution is 5.79. The molecule has 1 aliphatic carbocycles. The number of aliphatic carboxylic acids is 1. The van der Waals surface area contributed by atoms with Gasteiger partial charge in [-0.05, 0) is 31.7 Å². The van der Waals surface area contributed by atoms with Gasteiger partial charge in [0.05, 0.1) is 13.2 Å². The van der Waals surface area contributed by atoms with Gasteiger partial charge >= 0.3 is 5.97 Å². The molecule has 0 aromatic rings. The Hall–Kier alpha value is -0.650. The molecule has 2 unspecified atom stereocenters. The van der Waals surface area contributed by atoms with Crippen molar-refractivity contribution in [3.8, 4) is 0 Å². The predicted octanol–water partition coefficient (Wildman–Crippen LogP) is 0.291. The molecule has 0 spiro atoms. The first-order valence-electron chi connectivity index (χ1n) is 6.45. The van der Waals surface area contributed by atoms with Crippen molar-refractivity contribution < 1.29 is 14.6 Å². The molecule has 1 aliphatic heterocycles. The highest BCUT2D eigenvalue weighted by atomic mass is 16.5. The lowest BCUT2D eigenvalue weighted by Gasteiger charge is -2.31. The zero-order valence-electron chi connectivity index (χ0n) is 10.2. The van der Waals surface area contributed by atoms with Crippen LogP contribution in [0.25, 0.3) is 0 Å². The summed E-state index contributed by atoms with van der Waals surface area (Å²) >= 11 is 0. The van der Waals surface area contributed by atoms with Crippen LogP contribution in [0, 0.1) is 5.92 Å². The van der Waals surface area contributed by atoms with E-state index in [9.17, 15) is 9.90 Å². The smallest absolute Gasteiger partial charge is 0.323 e. The molecule has 5 heteroatoms. The number of carboxylic acids is 1. The van der Waals surface area contributed by atoms with E-state index in [1.807, 2.05) is 0 Å². The number of hydrogen-bond donors (Lipinski definition) is 2. The van der Waals surface area contributed by atoms with Gasteiger partial charge in [-0.25, -0.2) is 0 Å². The molecule has 98 valence electrons. The predicted molar refractivity (Wildman–Crippen MR) is 63.8 cm³/mol. The van der Waals surface area contributed by atoms with Gasteiger partial charge in [0, 0.05) is 13.1 Å². The third kappa shape index (κ3) is 2.78. The van der Waals surface area contributed by atoms with Gasteiger partial charge in [-0.3, -0.25) is 9.69 Å². The number of morpholine rings is 1. The van der Waals surface area contributed by atoms with E-state index in [0.29, 0.717) is 6.42 Å². The van der Waals surface area contributed by atoms with Crippen molar-refractivity contribution in [2.75, 3.05) is 32.8 Å². The monoisotopic (exact) mass is 242 g/mol. The van der Waals surface area contributed by atoms with Gasteiger partial charge in [0.1, 0.15) is 5.54 Å². The Labute approximate surface area is 102 Å². The van der Waals surface area contributed by atoms with E-state index in [2.05, 4.69) is 4.90 Å². The summed E-state index contributed by atoms with van der Waals surface area (Å²) in [5.74, 6) is -0.704. The summed E-state index contributed by atoms with van der Waals surface area (Å²) in [6.07, 6.45) is 3.41. The molecule has 1 heterocycles. The molecule has 0 amide bonds. The largest absolute Gasteiger partial charge is 0.480 e. The van der Waals surface area contributed by atoms with E-state index < -0.39 is 11.5 Å². The van der Waals surface area contributed by atoms with Crippen LogP contribution in [0.2, 0.25) is 0 Å². The maximum absolute atomic E-state index is 11.2. The number of hydrogen-bond acceptors (Lipinski definition) is 4. The molecule has 1 saturated heterocycles. The molecule has 0 aromatic heterocycles. The second-order valence-electron chi connectivity index (χ2n) is 5.18. The first-order chi connectivity index (χ1) is 8.13. The Morgan fingerprint density at radius 1 is 1.47 bits per heavy atom. The van der Waals surface area contributed by atoms with E-state index in [-0.39, 0.29) is 5.92 Å².